The van der Waals surface area contributed by atoms with Crippen LogP contribution in [0.4, 0.5) is 13.6 Å². The van der Waals surface area contributed by atoms with Crippen LogP contribution in [0.5, 0.6) is 0 Å². The molecule has 0 bridgehead atoms. The standard InChI is InChI=1S/C17H19F2N7O2/c1-3-7-26-10-21-23-14(26)9-25(2)17(27)20-8-13-22-16(28-24-13)15-11(18)5-4-6-12(15)19/h4-6,10H,3,7-9H2,1-2H3,(H,20,27). The van der Waals surface area contributed by atoms with E-state index in [-0.39, 0.29) is 24.8 Å². The number of carbonyl (C=O) groups excluding carboxylic acids is 1. The van der Waals surface area contributed by atoms with Crippen molar-refractivity contribution in [3.05, 3.63) is 47.8 Å². The summed E-state index contributed by atoms with van der Waals surface area (Å²) < 4.78 is 34.3. The van der Waals surface area contributed by atoms with Gasteiger partial charge in [-0.3, -0.25) is 0 Å². The highest BCUT2D eigenvalue weighted by Gasteiger charge is 2.19. The number of hydrogen-bond acceptors (Lipinski definition) is 6. The number of nitrogens with one attached hydrogen (secondary N) is 1. The monoisotopic (exact) mass is 391 g/mol. The average molecular weight is 391 g/mol. The summed E-state index contributed by atoms with van der Waals surface area (Å²) >= 11 is 0. The fraction of sp³-hybridized carbons (Fsp3) is 0.353. The minimum atomic E-state index is -0.810. The van der Waals surface area contributed by atoms with Gasteiger partial charge in [0.15, 0.2) is 11.6 Å². The second kappa shape index (κ2) is 8.55. The smallest absolute Gasteiger partial charge is 0.317 e. The number of benzene rings is 1. The second-order valence-corrected chi connectivity index (χ2v) is 6.07. The van der Waals surface area contributed by atoms with Gasteiger partial charge in [-0.15, -0.1) is 10.2 Å². The normalized spacial score (nSPS) is 10.9. The Balaban J connectivity index is 1.59. The van der Waals surface area contributed by atoms with Gasteiger partial charge in [0.2, 0.25) is 0 Å². The third kappa shape index (κ3) is 4.30. The number of aromatic nitrogens is 5. The Bertz CT molecular complexity index is 936. The van der Waals surface area contributed by atoms with E-state index in [0.29, 0.717) is 5.82 Å². The quantitative estimate of drug-likeness (QED) is 0.663. The van der Waals surface area contributed by atoms with Crippen molar-refractivity contribution in [1.29, 1.82) is 0 Å². The van der Waals surface area contributed by atoms with Crippen molar-refractivity contribution in [1.82, 2.24) is 35.1 Å². The zero-order chi connectivity index (χ0) is 20.1. The number of carbonyl (C=O) groups is 1. The predicted octanol–water partition coefficient (Wildman–Crippen LogP) is 2.36. The Kier molecular flexibility index (Phi) is 5.92. The molecule has 0 aliphatic heterocycles. The van der Waals surface area contributed by atoms with Crippen molar-refractivity contribution in [2.24, 2.45) is 0 Å². The molecule has 0 saturated carbocycles. The molecule has 2 heterocycles. The summed E-state index contributed by atoms with van der Waals surface area (Å²) in [6.07, 6.45) is 2.54. The van der Waals surface area contributed by atoms with Crippen molar-refractivity contribution < 1.29 is 18.1 Å². The van der Waals surface area contributed by atoms with Gasteiger partial charge in [-0.1, -0.05) is 18.1 Å². The number of hydrogen-bond donors (Lipinski definition) is 1. The number of halogens is 2. The Morgan fingerprint density at radius 3 is 2.79 bits per heavy atom. The van der Waals surface area contributed by atoms with Crippen LogP contribution in [-0.2, 0) is 19.6 Å². The number of rotatable bonds is 7. The topological polar surface area (TPSA) is 102 Å². The molecule has 0 unspecified atom stereocenters. The molecule has 1 aromatic carbocycles. The Morgan fingerprint density at radius 1 is 1.32 bits per heavy atom. The molecule has 9 nitrogen and oxygen atoms in total. The van der Waals surface area contributed by atoms with Gasteiger partial charge in [0, 0.05) is 13.6 Å². The molecule has 0 aliphatic carbocycles. The maximum Gasteiger partial charge on any atom is 0.317 e. The van der Waals surface area contributed by atoms with Gasteiger partial charge in [-0.2, -0.15) is 4.98 Å². The SMILES string of the molecule is CCCn1cnnc1CN(C)C(=O)NCc1noc(-c2c(F)cccc2F)n1. The van der Waals surface area contributed by atoms with Crippen LogP contribution in [0.2, 0.25) is 0 Å². The molecule has 11 heteroatoms. The maximum atomic E-state index is 13.8. The fourth-order valence-electron chi connectivity index (χ4n) is 2.53. The molecule has 3 rings (SSSR count). The van der Waals surface area contributed by atoms with Crippen LogP contribution in [-0.4, -0.2) is 42.9 Å². The largest absolute Gasteiger partial charge is 0.334 e. The molecule has 1 N–H and O–H groups in total. The lowest BCUT2D eigenvalue weighted by Crippen LogP contribution is -2.37. The lowest BCUT2D eigenvalue weighted by molar-refractivity contribution is 0.204. The van der Waals surface area contributed by atoms with Crippen LogP contribution in [0.3, 0.4) is 0 Å². The molecule has 148 valence electrons. The van der Waals surface area contributed by atoms with Gasteiger partial charge in [0.1, 0.15) is 23.5 Å². The van der Waals surface area contributed by atoms with Gasteiger partial charge in [-0.05, 0) is 18.6 Å². The Hall–Kier alpha value is -3.37. The van der Waals surface area contributed by atoms with Gasteiger partial charge < -0.3 is 19.3 Å². The zero-order valence-electron chi connectivity index (χ0n) is 15.4. The summed E-state index contributed by atoms with van der Waals surface area (Å²) in [5.74, 6) is -1.16. The van der Waals surface area contributed by atoms with Gasteiger partial charge in [-0.25, -0.2) is 13.6 Å². The first-order valence-corrected chi connectivity index (χ1v) is 8.62. The molecule has 0 atom stereocenters. The van der Waals surface area contributed by atoms with Crippen LogP contribution >= 0.6 is 0 Å². The third-order valence-corrected chi connectivity index (χ3v) is 3.93. The summed E-state index contributed by atoms with van der Waals surface area (Å²) in [6, 6.07) is 3.03. The number of urea groups is 1. The molecule has 0 saturated heterocycles. The average Bonchev–Trinajstić information content (AvgIpc) is 3.30. The number of aryl methyl sites for hydroxylation is 1. The summed E-state index contributed by atoms with van der Waals surface area (Å²) in [5.41, 5.74) is -0.403. The Labute approximate surface area is 159 Å². The molecule has 2 amide bonds. The summed E-state index contributed by atoms with van der Waals surface area (Å²) in [4.78, 5) is 17.6. The van der Waals surface area contributed by atoms with Crippen molar-refractivity contribution in [2.45, 2.75) is 33.0 Å². The molecule has 0 aliphatic rings. The van der Waals surface area contributed by atoms with Gasteiger partial charge >= 0.3 is 6.03 Å². The molecule has 2 aromatic heterocycles. The van der Waals surface area contributed by atoms with E-state index in [4.69, 9.17) is 4.52 Å². The van der Waals surface area contributed by atoms with E-state index in [9.17, 15) is 13.6 Å². The molecular weight excluding hydrogens is 372 g/mol. The molecular formula is C17H19F2N7O2. The van der Waals surface area contributed by atoms with Crippen LogP contribution in [0.1, 0.15) is 25.0 Å². The fourth-order valence-corrected chi connectivity index (χ4v) is 2.53. The highest BCUT2D eigenvalue weighted by Crippen LogP contribution is 2.24. The van der Waals surface area contributed by atoms with E-state index in [1.165, 1.54) is 11.0 Å². The van der Waals surface area contributed by atoms with Crippen LogP contribution in [0.25, 0.3) is 11.5 Å². The van der Waals surface area contributed by atoms with Gasteiger partial charge in [0.05, 0.1) is 13.1 Å². The van der Waals surface area contributed by atoms with Crippen molar-refractivity contribution in [3.8, 4) is 11.5 Å². The first-order chi connectivity index (χ1) is 13.5. The van der Waals surface area contributed by atoms with Crippen molar-refractivity contribution in [3.63, 3.8) is 0 Å². The van der Waals surface area contributed by atoms with Crippen molar-refractivity contribution >= 4 is 6.03 Å². The first-order valence-electron chi connectivity index (χ1n) is 8.62. The van der Waals surface area contributed by atoms with E-state index >= 15 is 0 Å². The van der Waals surface area contributed by atoms with E-state index in [1.54, 1.807) is 13.4 Å². The van der Waals surface area contributed by atoms with E-state index in [0.717, 1.165) is 25.1 Å². The molecule has 3 aromatic rings. The number of amides is 2. The summed E-state index contributed by atoms with van der Waals surface area (Å²) in [5, 5.41) is 14.1. The van der Waals surface area contributed by atoms with E-state index in [2.05, 4.69) is 25.7 Å². The molecule has 0 radical (unpaired) electrons. The van der Waals surface area contributed by atoms with Crippen LogP contribution in [0.15, 0.2) is 29.0 Å². The molecule has 0 spiro atoms. The summed E-state index contributed by atoms with van der Waals surface area (Å²) in [7, 11) is 1.61. The van der Waals surface area contributed by atoms with E-state index in [1.807, 2.05) is 11.5 Å². The highest BCUT2D eigenvalue weighted by molar-refractivity contribution is 5.73. The zero-order valence-corrected chi connectivity index (χ0v) is 15.4. The summed E-state index contributed by atoms with van der Waals surface area (Å²) in [6.45, 7) is 3.00. The Morgan fingerprint density at radius 2 is 2.07 bits per heavy atom. The van der Waals surface area contributed by atoms with E-state index < -0.39 is 23.2 Å². The minimum absolute atomic E-state index is 0.0651. The second-order valence-electron chi connectivity index (χ2n) is 6.07. The van der Waals surface area contributed by atoms with Crippen LogP contribution in [0, 0.1) is 11.6 Å². The molecule has 28 heavy (non-hydrogen) atoms. The lowest BCUT2D eigenvalue weighted by Gasteiger charge is -2.17. The van der Waals surface area contributed by atoms with Crippen LogP contribution < -0.4 is 5.32 Å². The highest BCUT2D eigenvalue weighted by atomic mass is 19.1. The van der Waals surface area contributed by atoms with Gasteiger partial charge in [0.25, 0.3) is 5.89 Å². The lowest BCUT2D eigenvalue weighted by atomic mass is 10.2. The number of nitrogens with zero attached hydrogens (tertiary/aromatic N) is 6. The minimum Gasteiger partial charge on any atom is -0.334 e. The molecule has 0 fully saturated rings. The first kappa shape index (κ1) is 19.4. The van der Waals surface area contributed by atoms with Crippen molar-refractivity contribution in [2.75, 3.05) is 7.05 Å². The maximum absolute atomic E-state index is 13.8. The third-order valence-electron chi connectivity index (χ3n) is 3.93. The predicted molar refractivity (Wildman–Crippen MR) is 93.7 cm³/mol.